The number of hydrogen-bond donors (Lipinski definition) is 1. The van der Waals surface area contributed by atoms with E-state index in [0.29, 0.717) is 5.92 Å². The standard InChI is InChI=1S/C22H42N4O3.HI/c1-6-23-20(24-13-8-16-28-7-2)25-14-11-19(12-15-25)26(17-18-9-10-18)21(27)29-22(3,4)5;/h18-19H,6-17H2,1-5H3,(H,23,24);1H. The Morgan fingerprint density at radius 1 is 1.17 bits per heavy atom. The van der Waals surface area contributed by atoms with Crippen molar-refractivity contribution in [3.63, 3.8) is 0 Å². The maximum Gasteiger partial charge on any atom is 0.410 e. The van der Waals surface area contributed by atoms with E-state index in [1.54, 1.807) is 0 Å². The third-order valence-corrected chi connectivity index (χ3v) is 5.23. The fourth-order valence-corrected chi connectivity index (χ4v) is 3.58. The number of ether oxygens (including phenoxy) is 2. The minimum atomic E-state index is -0.452. The van der Waals surface area contributed by atoms with Gasteiger partial charge in [-0.1, -0.05) is 0 Å². The highest BCUT2D eigenvalue weighted by Crippen LogP contribution is 2.32. The van der Waals surface area contributed by atoms with Gasteiger partial charge < -0.3 is 24.6 Å². The van der Waals surface area contributed by atoms with E-state index in [-0.39, 0.29) is 36.1 Å². The fraction of sp³-hybridized carbons (Fsp3) is 0.909. The molecule has 1 N–H and O–H groups in total. The number of carbonyl (C=O) groups excluding carboxylic acids is 1. The molecule has 0 unspecified atom stereocenters. The molecule has 0 aromatic rings. The lowest BCUT2D eigenvalue weighted by Gasteiger charge is -2.40. The number of guanidine groups is 1. The molecular weight excluding hydrogens is 495 g/mol. The Bertz CT molecular complexity index is 527. The molecule has 1 saturated carbocycles. The maximum absolute atomic E-state index is 12.8. The Labute approximate surface area is 200 Å². The first kappa shape index (κ1) is 27.3. The Balaban J connectivity index is 0.00000450. The largest absolute Gasteiger partial charge is 0.444 e. The van der Waals surface area contributed by atoms with Crippen LogP contribution in [-0.2, 0) is 9.47 Å². The van der Waals surface area contributed by atoms with Gasteiger partial charge in [-0.2, -0.15) is 0 Å². The van der Waals surface area contributed by atoms with Gasteiger partial charge in [0.05, 0.1) is 0 Å². The van der Waals surface area contributed by atoms with Crippen molar-refractivity contribution in [3.8, 4) is 0 Å². The molecule has 1 aliphatic carbocycles. The van der Waals surface area contributed by atoms with Crippen molar-refractivity contribution in [1.82, 2.24) is 15.1 Å². The molecule has 0 radical (unpaired) electrons. The SMILES string of the molecule is CCNC(=NCCCOCC)N1CCC(N(CC2CC2)C(=O)OC(C)(C)C)CC1.I. The van der Waals surface area contributed by atoms with Crippen LogP contribution in [0.5, 0.6) is 0 Å². The molecule has 0 spiro atoms. The van der Waals surface area contributed by atoms with Gasteiger partial charge in [0, 0.05) is 52.0 Å². The van der Waals surface area contributed by atoms with E-state index in [1.165, 1.54) is 12.8 Å². The summed E-state index contributed by atoms with van der Waals surface area (Å²) >= 11 is 0. The van der Waals surface area contributed by atoms with E-state index in [0.717, 1.165) is 71.2 Å². The van der Waals surface area contributed by atoms with Crippen LogP contribution in [0.1, 0.15) is 66.7 Å². The molecular formula is C22H43IN4O3. The van der Waals surface area contributed by atoms with E-state index in [2.05, 4.69) is 17.1 Å². The highest BCUT2D eigenvalue weighted by Gasteiger charge is 2.35. The normalized spacial score (nSPS) is 18.0. The molecule has 1 aliphatic heterocycles. The van der Waals surface area contributed by atoms with Gasteiger partial charge in [0.25, 0.3) is 0 Å². The monoisotopic (exact) mass is 538 g/mol. The van der Waals surface area contributed by atoms with Gasteiger partial charge in [0.15, 0.2) is 5.96 Å². The second kappa shape index (κ2) is 13.6. The number of nitrogens with one attached hydrogen (secondary N) is 1. The first-order valence-corrected chi connectivity index (χ1v) is 11.4. The molecule has 2 fully saturated rings. The molecule has 0 aromatic carbocycles. The third-order valence-electron chi connectivity index (χ3n) is 5.23. The summed E-state index contributed by atoms with van der Waals surface area (Å²) in [5.74, 6) is 1.64. The lowest BCUT2D eigenvalue weighted by Crippen LogP contribution is -2.52. The van der Waals surface area contributed by atoms with Crippen LogP contribution in [0, 0.1) is 5.92 Å². The lowest BCUT2D eigenvalue weighted by molar-refractivity contribution is 0.00928. The van der Waals surface area contributed by atoms with Crippen molar-refractivity contribution >= 4 is 36.0 Å². The first-order chi connectivity index (χ1) is 13.8. The zero-order valence-electron chi connectivity index (χ0n) is 19.6. The second-order valence-corrected chi connectivity index (χ2v) is 9.08. The molecule has 1 heterocycles. The van der Waals surface area contributed by atoms with Crippen LogP contribution in [0.2, 0.25) is 0 Å². The zero-order chi connectivity index (χ0) is 21.3. The molecule has 0 atom stereocenters. The van der Waals surface area contributed by atoms with E-state index in [4.69, 9.17) is 14.5 Å². The molecule has 1 saturated heterocycles. The first-order valence-electron chi connectivity index (χ1n) is 11.4. The predicted molar refractivity (Wildman–Crippen MR) is 133 cm³/mol. The zero-order valence-corrected chi connectivity index (χ0v) is 21.9. The van der Waals surface area contributed by atoms with Gasteiger partial charge in [-0.15, -0.1) is 24.0 Å². The molecule has 176 valence electrons. The smallest absolute Gasteiger partial charge is 0.410 e. The van der Waals surface area contributed by atoms with Crippen molar-refractivity contribution in [2.75, 3.05) is 45.9 Å². The number of hydrogen-bond acceptors (Lipinski definition) is 4. The number of likely N-dealkylation sites (tertiary alicyclic amines) is 1. The van der Waals surface area contributed by atoms with E-state index in [1.807, 2.05) is 32.6 Å². The van der Waals surface area contributed by atoms with Crippen LogP contribution in [-0.4, -0.2) is 79.4 Å². The average molecular weight is 539 g/mol. The van der Waals surface area contributed by atoms with Crippen LogP contribution in [0.4, 0.5) is 4.79 Å². The summed E-state index contributed by atoms with van der Waals surface area (Å²) in [6.45, 7) is 15.7. The molecule has 2 aliphatic rings. The number of nitrogens with zero attached hydrogens (tertiary/aromatic N) is 3. The van der Waals surface area contributed by atoms with Crippen molar-refractivity contribution in [2.45, 2.75) is 78.4 Å². The number of piperidine rings is 1. The van der Waals surface area contributed by atoms with Crippen LogP contribution in [0.25, 0.3) is 0 Å². The van der Waals surface area contributed by atoms with E-state index in [9.17, 15) is 4.79 Å². The number of amides is 1. The summed E-state index contributed by atoms with van der Waals surface area (Å²) in [7, 11) is 0. The Hall–Kier alpha value is -0.770. The van der Waals surface area contributed by atoms with Crippen LogP contribution in [0.3, 0.4) is 0 Å². The number of carbonyl (C=O) groups is 1. The van der Waals surface area contributed by atoms with Crippen LogP contribution in [0.15, 0.2) is 4.99 Å². The summed E-state index contributed by atoms with van der Waals surface area (Å²) in [4.78, 5) is 21.9. The fourth-order valence-electron chi connectivity index (χ4n) is 3.58. The summed E-state index contributed by atoms with van der Waals surface area (Å²) in [6, 6.07) is 0.252. The minimum absolute atomic E-state index is 0. The van der Waals surface area contributed by atoms with Gasteiger partial charge in [0.1, 0.15) is 5.60 Å². The molecule has 8 heteroatoms. The third kappa shape index (κ3) is 10.0. The Kier molecular flexibility index (Phi) is 12.4. The molecule has 7 nitrogen and oxygen atoms in total. The molecule has 30 heavy (non-hydrogen) atoms. The molecule has 1 amide bonds. The maximum atomic E-state index is 12.8. The second-order valence-electron chi connectivity index (χ2n) is 9.08. The summed E-state index contributed by atoms with van der Waals surface area (Å²) in [5.41, 5.74) is -0.452. The van der Waals surface area contributed by atoms with Crippen molar-refractivity contribution in [3.05, 3.63) is 0 Å². The molecule has 0 aromatic heterocycles. The van der Waals surface area contributed by atoms with E-state index < -0.39 is 5.60 Å². The van der Waals surface area contributed by atoms with Gasteiger partial charge in [-0.05, 0) is 72.6 Å². The number of aliphatic imine (C=N–C) groups is 1. The van der Waals surface area contributed by atoms with Crippen LogP contribution >= 0.6 is 24.0 Å². The highest BCUT2D eigenvalue weighted by atomic mass is 127. The number of halogens is 1. The summed E-state index contributed by atoms with van der Waals surface area (Å²) in [6.07, 6.45) is 5.16. The van der Waals surface area contributed by atoms with Crippen molar-refractivity contribution < 1.29 is 14.3 Å². The molecule has 0 bridgehead atoms. The quantitative estimate of drug-likeness (QED) is 0.207. The number of rotatable bonds is 9. The van der Waals surface area contributed by atoms with Crippen LogP contribution < -0.4 is 5.32 Å². The lowest BCUT2D eigenvalue weighted by atomic mass is 10.0. The Morgan fingerprint density at radius 2 is 1.83 bits per heavy atom. The summed E-state index contributed by atoms with van der Waals surface area (Å²) < 4.78 is 11.1. The van der Waals surface area contributed by atoms with Crippen molar-refractivity contribution in [2.24, 2.45) is 10.9 Å². The van der Waals surface area contributed by atoms with Gasteiger partial charge in [-0.25, -0.2) is 4.79 Å². The van der Waals surface area contributed by atoms with E-state index >= 15 is 0 Å². The highest BCUT2D eigenvalue weighted by molar-refractivity contribution is 14.0. The molecule has 2 rings (SSSR count). The van der Waals surface area contributed by atoms with Crippen molar-refractivity contribution in [1.29, 1.82) is 0 Å². The minimum Gasteiger partial charge on any atom is -0.444 e. The topological polar surface area (TPSA) is 66.4 Å². The van der Waals surface area contributed by atoms with Gasteiger partial charge in [0.2, 0.25) is 0 Å². The summed E-state index contributed by atoms with van der Waals surface area (Å²) in [5, 5.41) is 3.41. The average Bonchev–Trinajstić information content (AvgIpc) is 3.48. The predicted octanol–water partition coefficient (Wildman–Crippen LogP) is 4.11. The van der Waals surface area contributed by atoms with Gasteiger partial charge in [-0.3, -0.25) is 4.99 Å². The Morgan fingerprint density at radius 3 is 2.37 bits per heavy atom. The van der Waals surface area contributed by atoms with Gasteiger partial charge >= 0.3 is 6.09 Å².